The zero-order valence-electron chi connectivity index (χ0n) is 23.1. The molecule has 7 nitrogen and oxygen atoms in total. The third-order valence-corrected chi connectivity index (χ3v) is 8.87. The van der Waals surface area contributed by atoms with Crippen LogP contribution in [0, 0.1) is 5.92 Å². The van der Waals surface area contributed by atoms with Crippen LogP contribution in [0.5, 0.6) is 11.5 Å². The van der Waals surface area contributed by atoms with Crippen molar-refractivity contribution in [1.82, 2.24) is 4.90 Å². The molecule has 4 atom stereocenters. The van der Waals surface area contributed by atoms with Gasteiger partial charge in [-0.1, -0.05) is 42.5 Å². The van der Waals surface area contributed by atoms with E-state index in [1.165, 1.54) is 0 Å². The van der Waals surface area contributed by atoms with E-state index in [2.05, 4.69) is 5.32 Å². The highest BCUT2D eigenvalue weighted by Crippen LogP contribution is 2.62. The van der Waals surface area contributed by atoms with Crippen LogP contribution >= 0.6 is 0 Å². The summed E-state index contributed by atoms with van der Waals surface area (Å²) >= 11 is 0. The predicted molar refractivity (Wildman–Crippen MR) is 159 cm³/mol. The zero-order chi connectivity index (χ0) is 29.0. The lowest BCUT2D eigenvalue weighted by atomic mass is 9.62. The number of amides is 1. The Balaban J connectivity index is 1.50. The van der Waals surface area contributed by atoms with Crippen LogP contribution in [0.2, 0.25) is 0 Å². The molecule has 4 aromatic carbocycles. The first-order chi connectivity index (χ1) is 20.5. The van der Waals surface area contributed by atoms with Gasteiger partial charge in [-0.15, -0.1) is 0 Å². The molecule has 4 aromatic rings. The third-order valence-electron chi connectivity index (χ3n) is 8.87. The molecule has 0 radical (unpaired) electrons. The molecule has 0 saturated carbocycles. The van der Waals surface area contributed by atoms with Crippen LogP contribution in [-0.4, -0.2) is 42.6 Å². The minimum Gasteiger partial charge on any atom is -0.497 e. The van der Waals surface area contributed by atoms with Crippen LogP contribution < -0.4 is 14.8 Å². The van der Waals surface area contributed by atoms with Gasteiger partial charge in [0.05, 0.1) is 26.2 Å². The molecule has 3 heterocycles. The Morgan fingerprint density at radius 1 is 0.762 bits per heavy atom. The van der Waals surface area contributed by atoms with E-state index in [1.54, 1.807) is 62.8 Å². The molecular formula is C35H28N2O5. The van der Waals surface area contributed by atoms with Crippen LogP contribution in [0.1, 0.15) is 43.4 Å². The van der Waals surface area contributed by atoms with Crippen molar-refractivity contribution in [3.05, 3.63) is 131 Å². The maximum Gasteiger partial charge on any atom is 0.238 e. The van der Waals surface area contributed by atoms with Gasteiger partial charge in [0.25, 0.3) is 0 Å². The van der Waals surface area contributed by atoms with Gasteiger partial charge in [0.2, 0.25) is 5.91 Å². The van der Waals surface area contributed by atoms with Crippen molar-refractivity contribution in [2.45, 2.75) is 17.5 Å². The van der Waals surface area contributed by atoms with Gasteiger partial charge < -0.3 is 19.7 Å². The molecule has 0 bridgehead atoms. The van der Waals surface area contributed by atoms with Gasteiger partial charge in [0.15, 0.2) is 11.6 Å². The van der Waals surface area contributed by atoms with E-state index in [0.717, 1.165) is 11.1 Å². The fourth-order valence-electron chi connectivity index (χ4n) is 7.03. The van der Waals surface area contributed by atoms with Gasteiger partial charge in [0, 0.05) is 23.0 Å². The van der Waals surface area contributed by atoms with Crippen LogP contribution in [0.3, 0.4) is 0 Å². The van der Waals surface area contributed by atoms with E-state index < -0.39 is 23.4 Å². The molecule has 0 aromatic heterocycles. The number of nitrogens with zero attached hydrogens (tertiary/aromatic N) is 1. The number of ketones is 2. The minimum atomic E-state index is -1.37. The quantitative estimate of drug-likeness (QED) is 0.308. The number of fused-ring (bicyclic) bond motifs is 6. The second-order valence-electron chi connectivity index (χ2n) is 10.8. The van der Waals surface area contributed by atoms with Crippen molar-refractivity contribution >= 4 is 29.2 Å². The number of benzene rings is 4. The van der Waals surface area contributed by atoms with E-state index in [-0.39, 0.29) is 17.5 Å². The molecule has 1 fully saturated rings. The highest BCUT2D eigenvalue weighted by molar-refractivity contribution is 6.16. The Hall–Kier alpha value is -5.17. The number of carbonyl (C=O) groups is 3. The summed E-state index contributed by atoms with van der Waals surface area (Å²) in [6.45, 7) is 0. The number of ether oxygens (including phenoxy) is 2. The number of para-hydroxylation sites is 1. The van der Waals surface area contributed by atoms with Gasteiger partial charge >= 0.3 is 0 Å². The van der Waals surface area contributed by atoms with Crippen molar-refractivity contribution in [3.63, 3.8) is 0 Å². The Kier molecular flexibility index (Phi) is 5.97. The number of anilines is 1. The van der Waals surface area contributed by atoms with Crippen molar-refractivity contribution in [1.29, 1.82) is 0 Å². The third kappa shape index (κ3) is 3.56. The van der Waals surface area contributed by atoms with E-state index in [0.29, 0.717) is 33.9 Å². The van der Waals surface area contributed by atoms with Crippen molar-refractivity contribution < 1.29 is 23.9 Å². The Morgan fingerprint density at radius 2 is 1.36 bits per heavy atom. The highest BCUT2D eigenvalue weighted by Gasteiger charge is 2.70. The van der Waals surface area contributed by atoms with Gasteiger partial charge in [-0.05, 0) is 77.4 Å². The minimum absolute atomic E-state index is 0.243. The number of methoxy groups -OCH3 is 2. The topological polar surface area (TPSA) is 84.9 Å². The summed E-state index contributed by atoms with van der Waals surface area (Å²) in [6.07, 6.45) is 3.82. The molecule has 7 rings (SSSR count). The first-order valence-corrected chi connectivity index (χ1v) is 13.8. The SMILES string of the molecule is COc1ccc(C(=O)[C@@H]2[C@H](C(=O)c3ccc(OC)cc3)N3C=Cc4ccccc4[C@@H]3[C@]23C(=O)Nc2ccccc23)cc1. The lowest BCUT2D eigenvalue weighted by Gasteiger charge is -2.38. The van der Waals surface area contributed by atoms with Gasteiger partial charge in [-0.25, -0.2) is 0 Å². The monoisotopic (exact) mass is 556 g/mol. The molecule has 7 heteroatoms. The second-order valence-corrected chi connectivity index (χ2v) is 10.8. The smallest absolute Gasteiger partial charge is 0.238 e. The molecule has 208 valence electrons. The van der Waals surface area contributed by atoms with Crippen molar-refractivity contribution in [2.24, 2.45) is 5.92 Å². The zero-order valence-corrected chi connectivity index (χ0v) is 23.1. The molecule has 1 N–H and O–H groups in total. The number of hydrogen-bond acceptors (Lipinski definition) is 6. The molecule has 1 saturated heterocycles. The van der Waals surface area contributed by atoms with Crippen molar-refractivity contribution in [2.75, 3.05) is 19.5 Å². The van der Waals surface area contributed by atoms with E-state index in [1.807, 2.05) is 65.7 Å². The summed E-state index contributed by atoms with van der Waals surface area (Å²) < 4.78 is 10.6. The number of carbonyl (C=O) groups excluding carboxylic acids is 3. The van der Waals surface area contributed by atoms with Crippen LogP contribution in [0.15, 0.2) is 103 Å². The highest BCUT2D eigenvalue weighted by atomic mass is 16.5. The van der Waals surface area contributed by atoms with E-state index >= 15 is 0 Å². The molecular weight excluding hydrogens is 528 g/mol. The fourth-order valence-corrected chi connectivity index (χ4v) is 7.03. The van der Waals surface area contributed by atoms with Crippen molar-refractivity contribution in [3.8, 4) is 11.5 Å². The van der Waals surface area contributed by atoms with E-state index in [9.17, 15) is 14.4 Å². The fraction of sp³-hybridized carbons (Fsp3) is 0.171. The predicted octanol–water partition coefficient (Wildman–Crippen LogP) is 5.69. The Morgan fingerprint density at radius 3 is 2.02 bits per heavy atom. The molecule has 0 aliphatic carbocycles. The maximum absolute atomic E-state index is 14.8. The van der Waals surface area contributed by atoms with Crippen LogP contribution in [0.4, 0.5) is 5.69 Å². The van der Waals surface area contributed by atoms with Crippen LogP contribution in [0.25, 0.3) is 6.08 Å². The number of Topliss-reactive ketones (excluding diaryl/α,β-unsaturated/α-hetero) is 2. The molecule has 1 amide bonds. The first kappa shape index (κ1) is 25.8. The lowest BCUT2D eigenvalue weighted by molar-refractivity contribution is -0.122. The number of nitrogens with one attached hydrogen (secondary N) is 1. The standard InChI is InChI=1S/C35H28N2O5/c1-41-24-15-11-22(12-16-24)31(38)29-30(32(39)23-13-17-25(42-2)18-14-23)37-20-19-21-7-3-4-8-26(21)33(37)35(29)27-9-5-6-10-28(27)36-34(35)40/h3-20,29-30,33H,1-2H3,(H,36,40)/t29-,30+,33+,35+/m0/s1. The molecule has 42 heavy (non-hydrogen) atoms. The van der Waals surface area contributed by atoms with Gasteiger partial charge in [-0.2, -0.15) is 0 Å². The molecule has 3 aliphatic heterocycles. The van der Waals surface area contributed by atoms with Gasteiger partial charge in [0.1, 0.15) is 23.0 Å². The average Bonchev–Trinajstić information content (AvgIpc) is 3.52. The maximum atomic E-state index is 14.8. The largest absolute Gasteiger partial charge is 0.497 e. The summed E-state index contributed by atoms with van der Waals surface area (Å²) in [5.41, 5.74) is 2.67. The first-order valence-electron chi connectivity index (χ1n) is 13.8. The number of hydrogen-bond donors (Lipinski definition) is 1. The average molecular weight is 557 g/mol. The Labute approximate surface area is 243 Å². The molecule has 0 unspecified atom stereocenters. The summed E-state index contributed by atoms with van der Waals surface area (Å²) in [4.78, 5) is 45.8. The molecule has 3 aliphatic rings. The summed E-state index contributed by atoms with van der Waals surface area (Å²) in [6, 6.07) is 27.5. The normalized spacial score (nSPS) is 23.1. The van der Waals surface area contributed by atoms with E-state index in [4.69, 9.17) is 9.47 Å². The summed E-state index contributed by atoms with van der Waals surface area (Å²) in [5, 5.41) is 3.07. The number of rotatable bonds is 6. The summed E-state index contributed by atoms with van der Waals surface area (Å²) in [5.74, 6) is -0.624. The lowest BCUT2D eigenvalue weighted by Crippen LogP contribution is -2.49. The Bertz CT molecular complexity index is 1760. The second kappa shape index (κ2) is 9.73. The summed E-state index contributed by atoms with van der Waals surface area (Å²) in [7, 11) is 3.13. The molecule has 1 spiro atoms. The van der Waals surface area contributed by atoms with Crippen LogP contribution in [-0.2, 0) is 10.2 Å². The van der Waals surface area contributed by atoms with Gasteiger partial charge in [-0.3, -0.25) is 14.4 Å².